The molecule has 98 valence electrons. The number of aliphatic carboxylic acids is 1. The summed E-state index contributed by atoms with van der Waals surface area (Å²) in [5.41, 5.74) is 0. The fourth-order valence-corrected chi connectivity index (χ4v) is 1.25. The SMILES string of the molecule is COC(=O)CC[C@@H](NC(=O)CC(C)C)C(=O)O. The lowest BCUT2D eigenvalue weighted by molar-refractivity contribution is -0.144. The minimum absolute atomic E-state index is 0.0323. The first kappa shape index (κ1) is 15.4. The van der Waals surface area contributed by atoms with Crippen LogP contribution in [0.15, 0.2) is 0 Å². The molecule has 17 heavy (non-hydrogen) atoms. The second kappa shape index (κ2) is 7.65. The summed E-state index contributed by atoms with van der Waals surface area (Å²) in [6.45, 7) is 3.73. The molecule has 1 amide bonds. The summed E-state index contributed by atoms with van der Waals surface area (Å²) in [5.74, 6) is -1.80. The first-order valence-corrected chi connectivity index (χ1v) is 5.45. The van der Waals surface area contributed by atoms with Crippen molar-refractivity contribution in [3.05, 3.63) is 0 Å². The molecule has 0 fully saturated rings. The summed E-state index contributed by atoms with van der Waals surface area (Å²) in [6.07, 6.45) is 0.267. The molecule has 0 aromatic rings. The maximum atomic E-state index is 11.4. The van der Waals surface area contributed by atoms with E-state index in [4.69, 9.17) is 5.11 Å². The molecule has 0 saturated carbocycles. The normalized spacial score (nSPS) is 12.0. The summed E-state index contributed by atoms with van der Waals surface area (Å²) in [5, 5.41) is 11.3. The van der Waals surface area contributed by atoms with E-state index >= 15 is 0 Å². The van der Waals surface area contributed by atoms with Crippen LogP contribution >= 0.6 is 0 Å². The Bertz CT molecular complexity index is 288. The quantitative estimate of drug-likeness (QED) is 0.639. The van der Waals surface area contributed by atoms with Crippen LogP contribution in [0.4, 0.5) is 0 Å². The van der Waals surface area contributed by atoms with Gasteiger partial charge in [0, 0.05) is 12.8 Å². The van der Waals surface area contributed by atoms with Crippen molar-refractivity contribution in [1.29, 1.82) is 0 Å². The molecule has 0 unspecified atom stereocenters. The van der Waals surface area contributed by atoms with Gasteiger partial charge in [-0.3, -0.25) is 9.59 Å². The molecule has 0 aliphatic rings. The zero-order valence-corrected chi connectivity index (χ0v) is 10.4. The van der Waals surface area contributed by atoms with Gasteiger partial charge in [-0.2, -0.15) is 0 Å². The minimum atomic E-state index is -1.15. The lowest BCUT2D eigenvalue weighted by Crippen LogP contribution is -2.41. The first-order chi connectivity index (χ1) is 7.86. The van der Waals surface area contributed by atoms with Gasteiger partial charge in [0.2, 0.25) is 5.91 Å². The van der Waals surface area contributed by atoms with Gasteiger partial charge in [-0.25, -0.2) is 4.79 Å². The number of methoxy groups -OCH3 is 1. The largest absolute Gasteiger partial charge is 0.480 e. The minimum Gasteiger partial charge on any atom is -0.480 e. The highest BCUT2D eigenvalue weighted by Crippen LogP contribution is 2.03. The van der Waals surface area contributed by atoms with Crippen LogP contribution in [-0.2, 0) is 19.1 Å². The predicted molar refractivity (Wildman–Crippen MR) is 60.3 cm³/mol. The molecule has 0 aliphatic heterocycles. The molecule has 0 aromatic heterocycles. The number of hydrogen-bond acceptors (Lipinski definition) is 4. The van der Waals surface area contributed by atoms with E-state index in [9.17, 15) is 14.4 Å². The summed E-state index contributed by atoms with van der Waals surface area (Å²) < 4.78 is 4.41. The number of carbonyl (C=O) groups is 3. The highest BCUT2D eigenvalue weighted by atomic mass is 16.5. The van der Waals surface area contributed by atoms with Gasteiger partial charge in [-0.1, -0.05) is 13.8 Å². The van der Waals surface area contributed by atoms with Crippen LogP contribution in [0.5, 0.6) is 0 Å². The van der Waals surface area contributed by atoms with Crippen LogP contribution in [0, 0.1) is 5.92 Å². The highest BCUT2D eigenvalue weighted by Gasteiger charge is 2.21. The zero-order valence-electron chi connectivity index (χ0n) is 10.4. The third-order valence-electron chi connectivity index (χ3n) is 2.09. The smallest absolute Gasteiger partial charge is 0.326 e. The van der Waals surface area contributed by atoms with Crippen LogP contribution < -0.4 is 5.32 Å². The number of nitrogens with one attached hydrogen (secondary N) is 1. The number of hydrogen-bond donors (Lipinski definition) is 2. The second-order valence-electron chi connectivity index (χ2n) is 4.17. The third kappa shape index (κ3) is 7.32. The Morgan fingerprint density at radius 1 is 1.29 bits per heavy atom. The molecule has 0 rings (SSSR count). The van der Waals surface area contributed by atoms with Gasteiger partial charge in [0.25, 0.3) is 0 Å². The number of amides is 1. The highest BCUT2D eigenvalue weighted by molar-refractivity contribution is 5.84. The molecule has 0 heterocycles. The maximum Gasteiger partial charge on any atom is 0.326 e. The van der Waals surface area contributed by atoms with E-state index in [2.05, 4.69) is 10.1 Å². The van der Waals surface area contributed by atoms with Crippen LogP contribution in [0.1, 0.15) is 33.1 Å². The third-order valence-corrected chi connectivity index (χ3v) is 2.09. The van der Waals surface area contributed by atoms with Gasteiger partial charge < -0.3 is 15.2 Å². The lowest BCUT2D eigenvalue weighted by Gasteiger charge is -2.14. The number of carboxylic acids is 1. The topological polar surface area (TPSA) is 92.7 Å². The van der Waals surface area contributed by atoms with Gasteiger partial charge in [0.1, 0.15) is 6.04 Å². The maximum absolute atomic E-state index is 11.4. The Morgan fingerprint density at radius 2 is 1.88 bits per heavy atom. The second-order valence-corrected chi connectivity index (χ2v) is 4.17. The molecule has 0 bridgehead atoms. The van der Waals surface area contributed by atoms with E-state index in [-0.39, 0.29) is 31.1 Å². The molecule has 1 atom stereocenters. The summed E-state index contributed by atoms with van der Waals surface area (Å²) in [4.78, 5) is 33.1. The van der Waals surface area contributed by atoms with E-state index < -0.39 is 18.0 Å². The van der Waals surface area contributed by atoms with Crippen molar-refractivity contribution < 1.29 is 24.2 Å². The monoisotopic (exact) mass is 245 g/mol. The van der Waals surface area contributed by atoms with E-state index in [1.54, 1.807) is 0 Å². The van der Waals surface area contributed by atoms with Gasteiger partial charge in [-0.15, -0.1) is 0 Å². The lowest BCUT2D eigenvalue weighted by atomic mass is 10.1. The molecule has 6 nitrogen and oxygen atoms in total. The molecular weight excluding hydrogens is 226 g/mol. The van der Waals surface area contributed by atoms with Crippen molar-refractivity contribution in [1.82, 2.24) is 5.32 Å². The van der Waals surface area contributed by atoms with Crippen molar-refractivity contribution in [2.75, 3.05) is 7.11 Å². The van der Waals surface area contributed by atoms with Gasteiger partial charge in [0.15, 0.2) is 0 Å². The van der Waals surface area contributed by atoms with Gasteiger partial charge >= 0.3 is 11.9 Å². The van der Waals surface area contributed by atoms with Gasteiger partial charge in [0.05, 0.1) is 7.11 Å². The van der Waals surface area contributed by atoms with E-state index in [1.807, 2.05) is 13.8 Å². The van der Waals surface area contributed by atoms with E-state index in [0.717, 1.165) is 0 Å². The van der Waals surface area contributed by atoms with Crippen LogP contribution in [0.3, 0.4) is 0 Å². The standard InChI is InChI=1S/C11H19NO5/c1-7(2)6-9(13)12-8(11(15)16)4-5-10(14)17-3/h7-8H,4-6H2,1-3H3,(H,12,13)(H,15,16)/t8-/m1/s1. The molecule has 0 radical (unpaired) electrons. The average Bonchev–Trinajstić information content (AvgIpc) is 2.22. The fourth-order valence-electron chi connectivity index (χ4n) is 1.25. The number of ether oxygens (including phenoxy) is 1. The summed E-state index contributed by atoms with van der Waals surface area (Å²) in [6, 6.07) is -1.04. The van der Waals surface area contributed by atoms with Crippen molar-refractivity contribution in [2.45, 2.75) is 39.2 Å². The fraction of sp³-hybridized carbons (Fsp3) is 0.727. The predicted octanol–water partition coefficient (Wildman–Crippen LogP) is 0.555. The molecule has 0 spiro atoms. The molecule has 0 aromatic carbocycles. The van der Waals surface area contributed by atoms with Crippen LogP contribution in [-0.4, -0.2) is 36.1 Å². The Kier molecular flexibility index (Phi) is 6.93. The van der Waals surface area contributed by atoms with Crippen LogP contribution in [0.25, 0.3) is 0 Å². The summed E-state index contributed by atoms with van der Waals surface area (Å²) >= 11 is 0. The Balaban J connectivity index is 4.20. The van der Waals surface area contributed by atoms with E-state index in [0.29, 0.717) is 0 Å². The number of carbonyl (C=O) groups excluding carboxylic acids is 2. The van der Waals surface area contributed by atoms with E-state index in [1.165, 1.54) is 7.11 Å². The average molecular weight is 245 g/mol. The molecule has 2 N–H and O–H groups in total. The Hall–Kier alpha value is -1.59. The van der Waals surface area contributed by atoms with Crippen LogP contribution in [0.2, 0.25) is 0 Å². The zero-order chi connectivity index (χ0) is 13.4. The Morgan fingerprint density at radius 3 is 2.29 bits per heavy atom. The van der Waals surface area contributed by atoms with Crippen molar-refractivity contribution in [2.24, 2.45) is 5.92 Å². The van der Waals surface area contributed by atoms with Gasteiger partial charge in [-0.05, 0) is 12.3 Å². The van der Waals surface area contributed by atoms with Crippen molar-refractivity contribution in [3.63, 3.8) is 0 Å². The van der Waals surface area contributed by atoms with Crippen molar-refractivity contribution in [3.8, 4) is 0 Å². The Labute approximate surface area is 100 Å². The van der Waals surface area contributed by atoms with Crippen molar-refractivity contribution >= 4 is 17.8 Å². The first-order valence-electron chi connectivity index (χ1n) is 5.45. The molecular formula is C11H19NO5. The number of esters is 1. The number of rotatable bonds is 7. The molecule has 0 saturated heterocycles. The number of carboxylic acid groups (broad SMARTS) is 1. The summed E-state index contributed by atoms with van der Waals surface area (Å²) in [7, 11) is 1.23. The molecule has 0 aliphatic carbocycles. The molecule has 6 heteroatoms.